The topological polar surface area (TPSA) is 48.5 Å². The summed E-state index contributed by atoms with van der Waals surface area (Å²) in [6.45, 7) is 4.19. The lowest BCUT2D eigenvalue weighted by Crippen LogP contribution is -2.01. The van der Waals surface area contributed by atoms with E-state index >= 15 is 0 Å². The number of nitrogens with zero attached hydrogens (tertiary/aromatic N) is 5. The van der Waals surface area contributed by atoms with E-state index < -0.39 is 0 Å². The zero-order valence-corrected chi connectivity index (χ0v) is 44.1. The summed E-state index contributed by atoms with van der Waals surface area (Å²) in [5.41, 5.74) is 16.4. The molecular formula is C75H49N5. The van der Waals surface area contributed by atoms with Crippen LogP contribution in [0.4, 0.5) is 0 Å². The summed E-state index contributed by atoms with van der Waals surface area (Å²) in [6.07, 6.45) is 0. The van der Waals surface area contributed by atoms with Crippen molar-refractivity contribution < 1.29 is 0 Å². The van der Waals surface area contributed by atoms with Crippen molar-refractivity contribution in [1.29, 1.82) is 0 Å². The molecule has 0 radical (unpaired) electrons. The van der Waals surface area contributed by atoms with Crippen LogP contribution in [0.3, 0.4) is 0 Å². The molecule has 80 heavy (non-hydrogen) atoms. The molecule has 13 aromatic carbocycles. The molecule has 0 bridgehead atoms. The first kappa shape index (κ1) is 45.7. The van der Waals surface area contributed by atoms with Crippen molar-refractivity contribution in [3.63, 3.8) is 0 Å². The maximum Gasteiger partial charge on any atom is 0.139 e. The van der Waals surface area contributed by atoms with E-state index in [1.54, 1.807) is 0 Å². The first-order chi connectivity index (χ1) is 39.5. The Kier molecular flexibility index (Phi) is 10.3. The molecule has 0 saturated heterocycles. The number of imidazole rings is 2. The number of hydrogen-bond acceptors (Lipinski definition) is 3. The number of fused-ring (bicyclic) bond motifs is 8. The molecule has 3 aromatic heterocycles. The van der Waals surface area contributed by atoms with E-state index in [9.17, 15) is 0 Å². The van der Waals surface area contributed by atoms with Gasteiger partial charge in [0, 0.05) is 16.8 Å². The van der Waals surface area contributed by atoms with Crippen LogP contribution < -0.4 is 0 Å². The van der Waals surface area contributed by atoms with Crippen molar-refractivity contribution in [3.05, 3.63) is 273 Å². The quantitative estimate of drug-likeness (QED) is 0.150. The second kappa shape index (κ2) is 18.1. The van der Waals surface area contributed by atoms with Crippen molar-refractivity contribution in [2.45, 2.75) is 13.8 Å². The molecule has 3 heterocycles. The number of aryl methyl sites for hydroxylation is 2. The summed E-state index contributed by atoms with van der Waals surface area (Å²) in [7, 11) is 0. The molecule has 16 aromatic rings. The third-order valence-corrected chi connectivity index (χ3v) is 16.5. The van der Waals surface area contributed by atoms with Crippen LogP contribution >= 0.6 is 0 Å². The molecule has 0 unspecified atom stereocenters. The number of aromatic nitrogens is 5. The highest BCUT2D eigenvalue weighted by molar-refractivity contribution is 6.23. The van der Waals surface area contributed by atoms with Crippen molar-refractivity contribution >= 4 is 86.7 Å². The van der Waals surface area contributed by atoms with Gasteiger partial charge in [0.25, 0.3) is 0 Å². The van der Waals surface area contributed by atoms with Crippen LogP contribution in [0.15, 0.2) is 261 Å². The van der Waals surface area contributed by atoms with E-state index in [2.05, 4.69) is 284 Å². The Hall–Kier alpha value is -10.5. The Morgan fingerprint density at radius 2 is 0.775 bits per heavy atom. The molecule has 0 aliphatic rings. The monoisotopic (exact) mass is 1020 g/mol. The molecule has 0 spiro atoms. The van der Waals surface area contributed by atoms with Crippen LogP contribution in [0.2, 0.25) is 0 Å². The maximum atomic E-state index is 5.58. The molecule has 0 saturated carbocycles. The zero-order valence-electron chi connectivity index (χ0n) is 44.1. The van der Waals surface area contributed by atoms with Gasteiger partial charge in [-0.15, -0.1) is 0 Å². The van der Waals surface area contributed by atoms with Gasteiger partial charge in [-0.1, -0.05) is 200 Å². The standard InChI is InChI=1S/C75H49N5/c1-46-76-66-31-13-14-33-68(66)79(46)56-23-15-22-53(44-56)71-58-24-7-8-25-59(58)73(55-39-37-49-19-4-6-21-51(49)43-55)65-45-52(40-41-64(65)71)57-30-16-34-69-75(57)77-47(2)80(69)70-35-17-32-67(78-70)74-62-28-11-9-26-60(62)72(61-27-10-12-29-63(61)74)54-38-36-48-18-3-5-20-50(48)42-54/h3-45H,1-2H3. The minimum absolute atomic E-state index is 0.820. The predicted octanol–water partition coefficient (Wildman–Crippen LogP) is 19.6. The molecule has 0 atom stereocenters. The second-order valence-corrected chi connectivity index (χ2v) is 21.1. The van der Waals surface area contributed by atoms with Gasteiger partial charge in [-0.2, -0.15) is 0 Å². The molecular weight excluding hydrogens is 971 g/mol. The van der Waals surface area contributed by atoms with Gasteiger partial charge in [0.2, 0.25) is 0 Å². The van der Waals surface area contributed by atoms with Crippen molar-refractivity contribution in [1.82, 2.24) is 24.1 Å². The van der Waals surface area contributed by atoms with E-state index in [4.69, 9.17) is 15.0 Å². The average molecular weight is 1020 g/mol. The highest BCUT2D eigenvalue weighted by Gasteiger charge is 2.23. The normalized spacial score (nSPS) is 11.9. The Balaban J connectivity index is 0.875. The fourth-order valence-electron chi connectivity index (χ4n) is 13.1. The Morgan fingerprint density at radius 1 is 0.287 bits per heavy atom. The Labute approximate surface area is 462 Å². The van der Waals surface area contributed by atoms with Crippen LogP contribution in [0.1, 0.15) is 11.6 Å². The minimum atomic E-state index is 0.820. The van der Waals surface area contributed by atoms with Gasteiger partial charge in [0.1, 0.15) is 17.5 Å². The molecule has 16 rings (SSSR count). The van der Waals surface area contributed by atoms with E-state index in [-0.39, 0.29) is 0 Å². The van der Waals surface area contributed by atoms with Crippen LogP contribution in [0.5, 0.6) is 0 Å². The molecule has 0 aliphatic heterocycles. The minimum Gasteiger partial charge on any atom is -0.297 e. The first-order valence-electron chi connectivity index (χ1n) is 27.4. The zero-order chi connectivity index (χ0) is 53.0. The van der Waals surface area contributed by atoms with E-state index in [0.717, 1.165) is 73.2 Å². The van der Waals surface area contributed by atoms with Gasteiger partial charge in [-0.3, -0.25) is 9.13 Å². The van der Waals surface area contributed by atoms with Gasteiger partial charge in [-0.05, 0) is 178 Å². The number of pyridine rings is 1. The van der Waals surface area contributed by atoms with Gasteiger partial charge in [0.05, 0.1) is 27.8 Å². The lowest BCUT2D eigenvalue weighted by molar-refractivity contribution is 0.959. The SMILES string of the molecule is Cc1nc2ccccc2n1-c1cccc(-c2c3ccccc3c(-c3ccc4ccccc4c3)c3cc(-c4cccc5c4nc(C)n5-c4cccc(-c5c6ccccc6c(-c6ccc7ccccc7c6)c6ccccc56)n4)ccc23)c1. The molecule has 5 nitrogen and oxygen atoms in total. The molecule has 374 valence electrons. The van der Waals surface area contributed by atoms with Gasteiger partial charge in [0.15, 0.2) is 0 Å². The summed E-state index contributed by atoms with van der Waals surface area (Å²) >= 11 is 0. The van der Waals surface area contributed by atoms with Crippen molar-refractivity contribution in [3.8, 4) is 67.3 Å². The smallest absolute Gasteiger partial charge is 0.139 e. The molecule has 0 fully saturated rings. The summed E-state index contributed by atoms with van der Waals surface area (Å²) in [5, 5.41) is 14.4. The summed E-state index contributed by atoms with van der Waals surface area (Å²) in [5.74, 6) is 2.64. The van der Waals surface area contributed by atoms with Crippen LogP contribution in [-0.2, 0) is 0 Å². The van der Waals surface area contributed by atoms with Gasteiger partial charge < -0.3 is 0 Å². The average Bonchev–Trinajstić information content (AvgIpc) is 4.12. The second-order valence-electron chi connectivity index (χ2n) is 21.1. The largest absolute Gasteiger partial charge is 0.297 e. The maximum absolute atomic E-state index is 5.58. The predicted molar refractivity (Wildman–Crippen MR) is 335 cm³/mol. The number of rotatable bonds is 7. The molecule has 0 aliphatic carbocycles. The molecule has 0 amide bonds. The van der Waals surface area contributed by atoms with E-state index in [1.807, 2.05) is 0 Å². The van der Waals surface area contributed by atoms with Crippen LogP contribution in [-0.4, -0.2) is 24.1 Å². The third kappa shape index (κ3) is 7.14. The lowest BCUT2D eigenvalue weighted by atomic mass is 9.84. The summed E-state index contributed by atoms with van der Waals surface area (Å²) in [6, 6.07) is 94.9. The summed E-state index contributed by atoms with van der Waals surface area (Å²) < 4.78 is 4.49. The fourth-order valence-corrected chi connectivity index (χ4v) is 13.1. The van der Waals surface area contributed by atoms with Gasteiger partial charge >= 0.3 is 0 Å². The number of hydrogen-bond donors (Lipinski definition) is 0. The highest BCUT2D eigenvalue weighted by atomic mass is 15.1. The Morgan fingerprint density at radius 3 is 1.43 bits per heavy atom. The van der Waals surface area contributed by atoms with Crippen LogP contribution in [0, 0.1) is 13.8 Å². The number of benzene rings is 13. The van der Waals surface area contributed by atoms with Gasteiger partial charge in [-0.25, -0.2) is 15.0 Å². The van der Waals surface area contributed by atoms with E-state index in [0.29, 0.717) is 0 Å². The fraction of sp³-hybridized carbons (Fsp3) is 0.0267. The van der Waals surface area contributed by atoms with E-state index in [1.165, 1.54) is 92.5 Å². The van der Waals surface area contributed by atoms with Crippen molar-refractivity contribution in [2.24, 2.45) is 0 Å². The van der Waals surface area contributed by atoms with Crippen LogP contribution in [0.25, 0.3) is 154 Å². The summed E-state index contributed by atoms with van der Waals surface area (Å²) in [4.78, 5) is 16.0. The first-order valence-corrected chi connectivity index (χ1v) is 27.4. The number of para-hydroxylation sites is 3. The third-order valence-electron chi connectivity index (χ3n) is 16.5. The molecule has 0 N–H and O–H groups in total. The highest BCUT2D eigenvalue weighted by Crippen LogP contribution is 2.48. The Bertz CT molecular complexity index is 5180. The van der Waals surface area contributed by atoms with Crippen molar-refractivity contribution in [2.75, 3.05) is 0 Å². The lowest BCUT2D eigenvalue weighted by Gasteiger charge is -2.20. The molecule has 5 heteroatoms.